The molecule has 0 atom stereocenters. The molecule has 2 aromatic carbocycles. The highest BCUT2D eigenvalue weighted by Gasteiger charge is 1.95. The van der Waals surface area contributed by atoms with Crippen molar-refractivity contribution in [2.45, 2.75) is 26.2 Å². The molecule has 0 bridgehead atoms. The van der Waals surface area contributed by atoms with Crippen LogP contribution in [0.25, 0.3) is 17.2 Å². The van der Waals surface area contributed by atoms with Crippen LogP contribution in [0.3, 0.4) is 0 Å². The van der Waals surface area contributed by atoms with Crippen molar-refractivity contribution >= 4 is 11.9 Å². The second-order valence-corrected chi connectivity index (χ2v) is 4.98. The highest BCUT2D eigenvalue weighted by molar-refractivity contribution is 5.75. The second kappa shape index (κ2) is 7.44. The number of unbranched alkanes of at least 4 members (excludes halogenated alkanes) is 1. The van der Waals surface area contributed by atoms with E-state index in [1.54, 1.807) is 6.92 Å². The van der Waals surface area contributed by atoms with E-state index >= 15 is 0 Å². The van der Waals surface area contributed by atoms with Crippen molar-refractivity contribution in [1.29, 1.82) is 0 Å². The summed E-state index contributed by atoms with van der Waals surface area (Å²) in [6.07, 6.45) is 6.83. The molecule has 0 heterocycles. The molecule has 1 nitrogen and oxygen atoms in total. The zero-order chi connectivity index (χ0) is 14.2. The number of allylic oxidation sites excluding steroid dienone is 1. The van der Waals surface area contributed by atoms with Gasteiger partial charge in [-0.3, -0.25) is 0 Å². The number of hydrogen-bond acceptors (Lipinski definition) is 1. The highest BCUT2D eigenvalue weighted by atomic mass is 16.1. The average molecular weight is 264 g/mol. The third kappa shape index (κ3) is 4.51. The molecule has 0 aliphatic carbocycles. The third-order valence-corrected chi connectivity index (χ3v) is 3.23. The monoisotopic (exact) mass is 264 g/mol. The van der Waals surface area contributed by atoms with Gasteiger partial charge in [0.05, 0.1) is 0 Å². The Bertz CT molecular complexity index is 564. The van der Waals surface area contributed by atoms with Crippen LogP contribution in [0.4, 0.5) is 0 Å². The maximum atomic E-state index is 10.8. The van der Waals surface area contributed by atoms with Crippen LogP contribution in [-0.2, 0) is 4.79 Å². The highest BCUT2D eigenvalue weighted by Crippen LogP contribution is 2.19. The Kier molecular flexibility index (Phi) is 5.31. The summed E-state index contributed by atoms with van der Waals surface area (Å²) in [6.45, 7) is 1.64. The molecule has 0 fully saturated rings. The second-order valence-electron chi connectivity index (χ2n) is 4.98. The molecule has 0 N–H and O–H groups in total. The van der Waals surface area contributed by atoms with E-state index in [0.29, 0.717) is 6.42 Å². The summed E-state index contributed by atoms with van der Waals surface area (Å²) >= 11 is 0. The van der Waals surface area contributed by atoms with Gasteiger partial charge >= 0.3 is 0 Å². The summed E-state index contributed by atoms with van der Waals surface area (Å²) in [7, 11) is 0. The van der Waals surface area contributed by atoms with E-state index in [1.165, 1.54) is 16.7 Å². The van der Waals surface area contributed by atoms with Crippen LogP contribution in [0.15, 0.2) is 60.7 Å². The van der Waals surface area contributed by atoms with Crippen molar-refractivity contribution in [3.8, 4) is 11.1 Å². The largest absolute Gasteiger partial charge is 0.300 e. The van der Waals surface area contributed by atoms with E-state index in [9.17, 15) is 4.79 Å². The molecular weight excluding hydrogens is 244 g/mol. The van der Waals surface area contributed by atoms with E-state index in [4.69, 9.17) is 0 Å². The minimum absolute atomic E-state index is 0.269. The van der Waals surface area contributed by atoms with Crippen LogP contribution in [0, 0.1) is 0 Å². The van der Waals surface area contributed by atoms with Crippen molar-refractivity contribution in [3.05, 3.63) is 66.2 Å². The van der Waals surface area contributed by atoms with E-state index < -0.39 is 0 Å². The van der Waals surface area contributed by atoms with Crippen LogP contribution in [-0.4, -0.2) is 5.78 Å². The number of ketones is 1. The number of carbonyl (C=O) groups excluding carboxylic acids is 1. The Balaban J connectivity index is 1.92. The molecule has 0 spiro atoms. The maximum absolute atomic E-state index is 10.8. The average Bonchev–Trinajstić information content (AvgIpc) is 2.48. The minimum atomic E-state index is 0.269. The third-order valence-electron chi connectivity index (χ3n) is 3.23. The number of rotatable bonds is 6. The van der Waals surface area contributed by atoms with Crippen molar-refractivity contribution in [1.82, 2.24) is 0 Å². The summed E-state index contributed by atoms with van der Waals surface area (Å²) < 4.78 is 0. The standard InChI is InChI=1S/C19H20O/c1-16(20)8-4-2-5-9-17-12-14-19(15-13-17)18-10-6-3-7-11-18/h3,5-7,9-15H,2,4,8H2,1H3/b9-5+. The summed E-state index contributed by atoms with van der Waals surface area (Å²) in [5.41, 5.74) is 3.68. The first-order chi connectivity index (χ1) is 9.75. The number of benzene rings is 2. The molecule has 0 aliphatic heterocycles. The number of Topliss-reactive ketones (excluding diaryl/α,β-unsaturated/α-hetero) is 1. The summed E-state index contributed by atoms with van der Waals surface area (Å²) in [5.74, 6) is 0.269. The molecule has 0 saturated carbocycles. The molecular formula is C19H20O. The Morgan fingerprint density at radius 3 is 2.25 bits per heavy atom. The first kappa shape index (κ1) is 14.3. The molecule has 1 heteroatoms. The molecule has 0 aliphatic rings. The van der Waals surface area contributed by atoms with Crippen molar-refractivity contribution in [2.75, 3.05) is 0 Å². The van der Waals surface area contributed by atoms with E-state index in [1.807, 2.05) is 6.07 Å². The van der Waals surface area contributed by atoms with E-state index in [0.717, 1.165) is 12.8 Å². The number of carbonyl (C=O) groups is 1. The molecule has 0 unspecified atom stereocenters. The van der Waals surface area contributed by atoms with Crippen molar-refractivity contribution < 1.29 is 4.79 Å². The first-order valence-corrected chi connectivity index (χ1v) is 7.07. The molecule has 0 aromatic heterocycles. The fourth-order valence-electron chi connectivity index (χ4n) is 2.11. The van der Waals surface area contributed by atoms with Gasteiger partial charge in [0.15, 0.2) is 0 Å². The predicted octanol–water partition coefficient (Wildman–Crippen LogP) is 5.13. The van der Waals surface area contributed by atoms with Gasteiger partial charge in [0.1, 0.15) is 5.78 Å². The van der Waals surface area contributed by atoms with Crippen molar-refractivity contribution in [3.63, 3.8) is 0 Å². The van der Waals surface area contributed by atoms with Gasteiger partial charge in [-0.1, -0.05) is 66.7 Å². The van der Waals surface area contributed by atoms with Crippen LogP contribution in [0.2, 0.25) is 0 Å². The SMILES string of the molecule is CC(=O)CCC/C=C/c1ccc(-c2ccccc2)cc1. The van der Waals surface area contributed by atoms with Gasteiger partial charge in [0.2, 0.25) is 0 Å². The van der Waals surface area contributed by atoms with Crippen LogP contribution in [0.5, 0.6) is 0 Å². The van der Waals surface area contributed by atoms with Gasteiger partial charge in [-0.05, 0) is 36.5 Å². The lowest BCUT2D eigenvalue weighted by Gasteiger charge is -2.01. The molecule has 2 aromatic rings. The lowest BCUT2D eigenvalue weighted by molar-refractivity contribution is -0.117. The molecule has 2 rings (SSSR count). The van der Waals surface area contributed by atoms with Gasteiger partial charge in [-0.2, -0.15) is 0 Å². The summed E-state index contributed by atoms with van der Waals surface area (Å²) in [5, 5.41) is 0. The summed E-state index contributed by atoms with van der Waals surface area (Å²) in [6, 6.07) is 18.9. The van der Waals surface area contributed by atoms with Crippen LogP contribution in [0.1, 0.15) is 31.7 Å². The molecule has 20 heavy (non-hydrogen) atoms. The zero-order valence-electron chi connectivity index (χ0n) is 11.9. The Labute approximate surface area is 121 Å². The first-order valence-electron chi connectivity index (χ1n) is 7.07. The normalized spacial score (nSPS) is 10.8. The van der Waals surface area contributed by atoms with Gasteiger partial charge in [0.25, 0.3) is 0 Å². The fraction of sp³-hybridized carbons (Fsp3) is 0.211. The van der Waals surface area contributed by atoms with Gasteiger partial charge in [0, 0.05) is 6.42 Å². The van der Waals surface area contributed by atoms with E-state index in [2.05, 4.69) is 60.7 Å². The maximum Gasteiger partial charge on any atom is 0.129 e. The summed E-state index contributed by atoms with van der Waals surface area (Å²) in [4.78, 5) is 10.8. The Hall–Kier alpha value is -2.15. The molecule has 102 valence electrons. The van der Waals surface area contributed by atoms with Gasteiger partial charge < -0.3 is 4.79 Å². The minimum Gasteiger partial charge on any atom is -0.300 e. The smallest absolute Gasteiger partial charge is 0.129 e. The predicted molar refractivity (Wildman–Crippen MR) is 85.4 cm³/mol. The quantitative estimate of drug-likeness (QED) is 0.661. The van der Waals surface area contributed by atoms with Gasteiger partial charge in [-0.15, -0.1) is 0 Å². The van der Waals surface area contributed by atoms with E-state index in [-0.39, 0.29) is 5.78 Å². The van der Waals surface area contributed by atoms with Crippen LogP contribution < -0.4 is 0 Å². The molecule has 0 amide bonds. The molecule has 0 saturated heterocycles. The Morgan fingerprint density at radius 2 is 1.60 bits per heavy atom. The zero-order valence-corrected chi connectivity index (χ0v) is 11.9. The lowest BCUT2D eigenvalue weighted by atomic mass is 10.0. The number of hydrogen-bond donors (Lipinski definition) is 0. The van der Waals surface area contributed by atoms with Crippen LogP contribution >= 0.6 is 0 Å². The van der Waals surface area contributed by atoms with Gasteiger partial charge in [-0.25, -0.2) is 0 Å². The van der Waals surface area contributed by atoms with Crippen molar-refractivity contribution in [2.24, 2.45) is 0 Å². The molecule has 0 radical (unpaired) electrons. The topological polar surface area (TPSA) is 17.1 Å². The lowest BCUT2D eigenvalue weighted by Crippen LogP contribution is -1.87. The fourth-order valence-corrected chi connectivity index (χ4v) is 2.11. The Morgan fingerprint density at radius 1 is 0.950 bits per heavy atom.